The molecule has 0 unspecified atom stereocenters. The van der Waals surface area contributed by atoms with Gasteiger partial charge in [-0.2, -0.15) is 0 Å². The first-order valence-corrected chi connectivity index (χ1v) is 8.22. The average Bonchev–Trinajstić information content (AvgIpc) is 2.89. The molecule has 21 heavy (non-hydrogen) atoms. The van der Waals surface area contributed by atoms with Crippen LogP contribution in [-0.4, -0.2) is 17.1 Å². The summed E-state index contributed by atoms with van der Waals surface area (Å²) in [5.74, 6) is -0.795. The second kappa shape index (κ2) is 5.83. The minimum Gasteiger partial charge on any atom is -0.298 e. The summed E-state index contributed by atoms with van der Waals surface area (Å²) in [6.45, 7) is 0. The van der Waals surface area contributed by atoms with Crippen LogP contribution >= 0.6 is 23.1 Å². The molecule has 2 aromatic carbocycles. The van der Waals surface area contributed by atoms with Crippen LogP contribution in [0.2, 0.25) is 0 Å². The number of amides is 1. The van der Waals surface area contributed by atoms with Gasteiger partial charge in [-0.05, 0) is 36.6 Å². The molecule has 0 bridgehead atoms. The van der Waals surface area contributed by atoms with Crippen LogP contribution in [0.3, 0.4) is 0 Å². The third-order valence-corrected chi connectivity index (χ3v) is 4.61. The molecule has 106 valence electrons. The van der Waals surface area contributed by atoms with E-state index >= 15 is 0 Å². The molecule has 3 nitrogen and oxygen atoms in total. The van der Waals surface area contributed by atoms with E-state index < -0.39 is 5.82 Å². The lowest BCUT2D eigenvalue weighted by molar-refractivity contribution is 0.102. The van der Waals surface area contributed by atoms with Crippen molar-refractivity contribution in [1.82, 2.24) is 4.98 Å². The highest BCUT2D eigenvalue weighted by molar-refractivity contribution is 7.98. The predicted molar refractivity (Wildman–Crippen MR) is 85.8 cm³/mol. The molecule has 0 fully saturated rings. The molecule has 6 heteroatoms. The Morgan fingerprint density at radius 3 is 2.86 bits per heavy atom. The first-order chi connectivity index (χ1) is 10.2. The normalized spacial score (nSPS) is 10.8. The van der Waals surface area contributed by atoms with Gasteiger partial charge in [-0.1, -0.05) is 23.5 Å². The highest BCUT2D eigenvalue weighted by Gasteiger charge is 2.12. The van der Waals surface area contributed by atoms with Gasteiger partial charge in [0.1, 0.15) is 5.82 Å². The Morgan fingerprint density at radius 2 is 2.10 bits per heavy atom. The van der Waals surface area contributed by atoms with Gasteiger partial charge in [0, 0.05) is 10.5 Å². The summed E-state index contributed by atoms with van der Waals surface area (Å²) in [6, 6.07) is 11.5. The summed E-state index contributed by atoms with van der Waals surface area (Å²) < 4.78 is 14.1. The zero-order valence-corrected chi connectivity index (χ0v) is 12.7. The number of thiazole rings is 1. The first-order valence-electron chi connectivity index (χ1n) is 6.18. The van der Waals surface area contributed by atoms with Gasteiger partial charge in [-0.3, -0.25) is 10.1 Å². The number of fused-ring (bicyclic) bond motifs is 1. The fraction of sp³-hybridized carbons (Fsp3) is 0.0667. The van der Waals surface area contributed by atoms with Crippen molar-refractivity contribution in [3.05, 3.63) is 53.8 Å². The largest absolute Gasteiger partial charge is 0.298 e. The van der Waals surface area contributed by atoms with Crippen LogP contribution in [0, 0.1) is 5.82 Å². The summed E-state index contributed by atoms with van der Waals surface area (Å²) in [5, 5.41) is 3.23. The van der Waals surface area contributed by atoms with Gasteiger partial charge < -0.3 is 0 Å². The molecule has 0 saturated heterocycles. The highest BCUT2D eigenvalue weighted by atomic mass is 32.2. The van der Waals surface area contributed by atoms with E-state index in [1.165, 1.54) is 29.5 Å². The van der Waals surface area contributed by atoms with Crippen LogP contribution < -0.4 is 5.32 Å². The number of carbonyl (C=O) groups excluding carboxylic acids is 1. The van der Waals surface area contributed by atoms with E-state index in [2.05, 4.69) is 10.3 Å². The fourth-order valence-corrected chi connectivity index (χ4v) is 3.46. The van der Waals surface area contributed by atoms with Crippen LogP contribution in [0.4, 0.5) is 9.52 Å². The molecule has 0 aliphatic carbocycles. The van der Waals surface area contributed by atoms with Gasteiger partial charge in [0.25, 0.3) is 5.91 Å². The van der Waals surface area contributed by atoms with Crippen molar-refractivity contribution in [2.75, 3.05) is 11.6 Å². The monoisotopic (exact) mass is 318 g/mol. The van der Waals surface area contributed by atoms with E-state index in [1.807, 2.05) is 24.5 Å². The molecule has 3 rings (SSSR count). The maximum atomic E-state index is 13.1. The van der Waals surface area contributed by atoms with E-state index in [9.17, 15) is 9.18 Å². The second-order valence-corrected chi connectivity index (χ2v) is 6.17. The fourth-order valence-electron chi connectivity index (χ4n) is 1.94. The van der Waals surface area contributed by atoms with E-state index in [4.69, 9.17) is 0 Å². The number of carbonyl (C=O) groups is 1. The quantitative estimate of drug-likeness (QED) is 0.727. The second-order valence-electron chi connectivity index (χ2n) is 4.29. The summed E-state index contributed by atoms with van der Waals surface area (Å²) in [7, 11) is 0. The summed E-state index contributed by atoms with van der Waals surface area (Å²) in [5.41, 5.74) is 1.16. The van der Waals surface area contributed by atoms with Crippen molar-refractivity contribution >= 4 is 44.4 Å². The van der Waals surface area contributed by atoms with E-state index in [0.717, 1.165) is 15.1 Å². The number of nitrogens with zero attached hydrogens (tertiary/aromatic N) is 1. The lowest BCUT2D eigenvalue weighted by Crippen LogP contribution is -2.11. The van der Waals surface area contributed by atoms with Gasteiger partial charge in [0.15, 0.2) is 5.13 Å². The molecule has 1 N–H and O–H groups in total. The number of thioether (sulfide) groups is 1. The van der Waals surface area contributed by atoms with E-state index in [1.54, 1.807) is 17.8 Å². The van der Waals surface area contributed by atoms with Crippen LogP contribution in [0.25, 0.3) is 10.2 Å². The smallest absolute Gasteiger partial charge is 0.257 e. The van der Waals surface area contributed by atoms with Crippen LogP contribution in [-0.2, 0) is 0 Å². The number of aromatic nitrogens is 1. The minimum atomic E-state index is -0.434. The van der Waals surface area contributed by atoms with Crippen LogP contribution in [0.5, 0.6) is 0 Å². The maximum absolute atomic E-state index is 13.1. The first kappa shape index (κ1) is 14.0. The number of halogens is 1. The minimum absolute atomic E-state index is 0.277. The molecule has 0 spiro atoms. The molecule has 0 saturated carbocycles. The molecular weight excluding hydrogens is 307 g/mol. The van der Waals surface area contributed by atoms with Crippen molar-refractivity contribution in [1.29, 1.82) is 0 Å². The van der Waals surface area contributed by atoms with Crippen molar-refractivity contribution < 1.29 is 9.18 Å². The molecule has 0 radical (unpaired) electrons. The third-order valence-electron chi connectivity index (χ3n) is 2.91. The Labute approximate surface area is 129 Å². The number of benzene rings is 2. The van der Waals surface area contributed by atoms with Crippen molar-refractivity contribution in [2.45, 2.75) is 4.90 Å². The van der Waals surface area contributed by atoms with Crippen LogP contribution in [0.15, 0.2) is 47.4 Å². The standard InChI is InChI=1S/C15H11FN2OS2/c1-20-11-6-3-7-12-13(11)17-15(21-12)18-14(19)9-4-2-5-10(16)8-9/h2-8H,1H3,(H,17,18,19). The van der Waals surface area contributed by atoms with E-state index in [-0.39, 0.29) is 11.5 Å². The molecule has 1 heterocycles. The summed E-state index contributed by atoms with van der Waals surface area (Å²) in [4.78, 5) is 17.6. The van der Waals surface area contributed by atoms with Crippen molar-refractivity contribution in [2.24, 2.45) is 0 Å². The zero-order valence-electron chi connectivity index (χ0n) is 11.1. The van der Waals surface area contributed by atoms with Gasteiger partial charge in [-0.15, -0.1) is 11.8 Å². The summed E-state index contributed by atoms with van der Waals surface area (Å²) in [6.07, 6.45) is 1.99. The molecule has 3 aromatic rings. The number of hydrogen-bond acceptors (Lipinski definition) is 4. The maximum Gasteiger partial charge on any atom is 0.257 e. The topological polar surface area (TPSA) is 42.0 Å². The van der Waals surface area contributed by atoms with Gasteiger partial charge >= 0.3 is 0 Å². The number of nitrogens with one attached hydrogen (secondary N) is 1. The molecule has 0 aliphatic rings. The zero-order chi connectivity index (χ0) is 14.8. The molecule has 1 aromatic heterocycles. The number of hydrogen-bond donors (Lipinski definition) is 1. The Morgan fingerprint density at radius 1 is 1.29 bits per heavy atom. The molecule has 1 amide bonds. The number of para-hydroxylation sites is 1. The molecule has 0 aliphatic heterocycles. The predicted octanol–water partition coefficient (Wildman–Crippen LogP) is 4.41. The van der Waals surface area contributed by atoms with Crippen LogP contribution in [0.1, 0.15) is 10.4 Å². The van der Waals surface area contributed by atoms with Gasteiger partial charge in [-0.25, -0.2) is 9.37 Å². The Kier molecular flexibility index (Phi) is 3.90. The Bertz CT molecular complexity index is 816. The third kappa shape index (κ3) is 2.91. The lowest BCUT2D eigenvalue weighted by atomic mass is 10.2. The number of rotatable bonds is 3. The SMILES string of the molecule is CSc1cccc2sc(NC(=O)c3cccc(F)c3)nc12. The van der Waals surface area contributed by atoms with Crippen molar-refractivity contribution in [3.63, 3.8) is 0 Å². The molecule has 0 atom stereocenters. The number of anilines is 1. The Hall–Kier alpha value is -1.92. The van der Waals surface area contributed by atoms with E-state index in [0.29, 0.717) is 5.13 Å². The highest BCUT2D eigenvalue weighted by Crippen LogP contribution is 2.32. The average molecular weight is 318 g/mol. The molecular formula is C15H11FN2OS2. The Balaban J connectivity index is 1.90. The summed E-state index contributed by atoms with van der Waals surface area (Å²) >= 11 is 3.01. The lowest BCUT2D eigenvalue weighted by Gasteiger charge is -2.01. The van der Waals surface area contributed by atoms with Gasteiger partial charge in [0.2, 0.25) is 0 Å². The van der Waals surface area contributed by atoms with Gasteiger partial charge in [0.05, 0.1) is 10.2 Å². The van der Waals surface area contributed by atoms with Crippen molar-refractivity contribution in [3.8, 4) is 0 Å².